The molecule has 3 rings (SSSR count). The molecule has 1 amide bonds. The Balaban J connectivity index is 1.93. The van der Waals surface area contributed by atoms with Crippen LogP contribution in [0.25, 0.3) is 0 Å². The van der Waals surface area contributed by atoms with Gasteiger partial charge in [-0.05, 0) is 37.0 Å². The Kier molecular flexibility index (Phi) is 4.68. The monoisotopic (exact) mass is 354 g/mol. The van der Waals surface area contributed by atoms with Gasteiger partial charge in [-0.15, -0.1) is 0 Å². The molecule has 6 nitrogen and oxygen atoms in total. The number of Topliss-reactive ketones (excluding diaryl/α,β-unsaturated/α-hetero) is 1. The van der Waals surface area contributed by atoms with Crippen molar-refractivity contribution in [3.05, 3.63) is 57.5 Å². The summed E-state index contributed by atoms with van der Waals surface area (Å²) in [5.74, 6) is -0.106. The van der Waals surface area contributed by atoms with Crippen LogP contribution >= 0.6 is 0 Å². The van der Waals surface area contributed by atoms with E-state index in [4.69, 9.17) is 4.74 Å². The number of ether oxygens (including phenoxy) is 1. The fourth-order valence-corrected chi connectivity index (χ4v) is 3.24. The second kappa shape index (κ2) is 6.78. The van der Waals surface area contributed by atoms with E-state index in [2.05, 4.69) is 10.3 Å². The van der Waals surface area contributed by atoms with Gasteiger partial charge in [-0.1, -0.05) is 26.0 Å². The summed E-state index contributed by atoms with van der Waals surface area (Å²) in [5.41, 5.74) is 0.718. The van der Waals surface area contributed by atoms with Crippen molar-refractivity contribution < 1.29 is 14.3 Å². The van der Waals surface area contributed by atoms with Crippen LogP contribution in [-0.4, -0.2) is 23.3 Å². The number of hydrogen-bond acceptors (Lipinski definition) is 4. The lowest BCUT2D eigenvalue weighted by Gasteiger charge is -2.29. The summed E-state index contributed by atoms with van der Waals surface area (Å²) in [6, 6.07) is 8.41. The molecule has 0 saturated carbocycles. The number of anilines is 1. The summed E-state index contributed by atoms with van der Waals surface area (Å²) in [6.45, 7) is 6.27. The predicted octanol–water partition coefficient (Wildman–Crippen LogP) is 3.18. The Bertz CT molecular complexity index is 928. The van der Waals surface area contributed by atoms with E-state index in [-0.39, 0.29) is 16.8 Å². The van der Waals surface area contributed by atoms with Crippen LogP contribution in [0.5, 0.6) is 5.75 Å². The fourth-order valence-electron chi connectivity index (χ4n) is 3.24. The molecule has 0 radical (unpaired) electrons. The van der Waals surface area contributed by atoms with Gasteiger partial charge in [-0.25, -0.2) is 0 Å². The smallest absolute Gasteiger partial charge is 0.261 e. The van der Waals surface area contributed by atoms with Gasteiger partial charge in [0.05, 0.1) is 12.3 Å². The lowest BCUT2D eigenvalue weighted by molar-refractivity contribution is 0.0910. The molecule has 136 valence electrons. The van der Waals surface area contributed by atoms with Gasteiger partial charge in [0.15, 0.2) is 5.78 Å². The van der Waals surface area contributed by atoms with Gasteiger partial charge < -0.3 is 15.0 Å². The molecule has 1 heterocycles. The number of aromatic amines is 1. The summed E-state index contributed by atoms with van der Waals surface area (Å²) in [6.07, 6.45) is 0.985. The van der Waals surface area contributed by atoms with E-state index in [1.165, 1.54) is 6.07 Å². The SMILES string of the molecule is CCOc1ccccc1NC(=O)c1cc2c([nH]c1=O)CC(C)(C)CC2=O. The first-order valence-corrected chi connectivity index (χ1v) is 8.63. The lowest BCUT2D eigenvalue weighted by atomic mass is 9.75. The Labute approximate surface area is 151 Å². The summed E-state index contributed by atoms with van der Waals surface area (Å²) in [7, 11) is 0. The molecule has 1 aliphatic rings. The first-order valence-electron chi connectivity index (χ1n) is 8.63. The second-order valence-corrected chi connectivity index (χ2v) is 7.23. The third-order valence-electron chi connectivity index (χ3n) is 4.40. The number of benzene rings is 1. The van der Waals surface area contributed by atoms with Crippen molar-refractivity contribution in [1.82, 2.24) is 4.98 Å². The zero-order valence-electron chi connectivity index (χ0n) is 15.1. The fraction of sp³-hybridized carbons (Fsp3) is 0.350. The largest absolute Gasteiger partial charge is 0.492 e. The maximum Gasteiger partial charge on any atom is 0.261 e. The highest BCUT2D eigenvalue weighted by molar-refractivity contribution is 6.07. The Morgan fingerprint density at radius 3 is 2.69 bits per heavy atom. The highest BCUT2D eigenvalue weighted by atomic mass is 16.5. The van der Waals surface area contributed by atoms with Crippen molar-refractivity contribution >= 4 is 17.4 Å². The molecule has 0 spiro atoms. The number of nitrogens with one attached hydrogen (secondary N) is 2. The number of amides is 1. The van der Waals surface area contributed by atoms with Gasteiger partial charge in [0, 0.05) is 17.7 Å². The molecule has 6 heteroatoms. The zero-order chi connectivity index (χ0) is 18.9. The van der Waals surface area contributed by atoms with Crippen molar-refractivity contribution in [3.8, 4) is 5.75 Å². The number of para-hydroxylation sites is 2. The minimum atomic E-state index is -0.571. The highest BCUT2D eigenvalue weighted by Crippen LogP contribution is 2.33. The first-order chi connectivity index (χ1) is 12.3. The third kappa shape index (κ3) is 3.54. The maximum atomic E-state index is 12.6. The summed E-state index contributed by atoms with van der Waals surface area (Å²) in [5, 5.41) is 2.70. The number of carbonyl (C=O) groups is 2. The molecule has 0 bridgehead atoms. The molecular formula is C20H22N2O4. The number of fused-ring (bicyclic) bond motifs is 1. The van der Waals surface area contributed by atoms with E-state index in [0.29, 0.717) is 42.1 Å². The molecule has 1 aromatic heterocycles. The lowest BCUT2D eigenvalue weighted by Crippen LogP contribution is -2.32. The van der Waals surface area contributed by atoms with E-state index in [0.717, 1.165) is 0 Å². The summed E-state index contributed by atoms with van der Waals surface area (Å²) in [4.78, 5) is 40.1. The standard InChI is InChI=1S/C20H22N2O4/c1-4-26-17-8-6-5-7-14(17)21-18(24)13-9-12-15(22-19(13)25)10-20(2,3)11-16(12)23/h5-9H,4,10-11H2,1-3H3,(H,21,24)(H,22,25). The average molecular weight is 354 g/mol. The van der Waals surface area contributed by atoms with E-state index < -0.39 is 11.5 Å². The number of carbonyl (C=O) groups excluding carboxylic acids is 2. The minimum absolute atomic E-state index is 0.0590. The van der Waals surface area contributed by atoms with Crippen molar-refractivity contribution in [3.63, 3.8) is 0 Å². The van der Waals surface area contributed by atoms with Crippen molar-refractivity contribution in [1.29, 1.82) is 0 Å². The molecule has 0 aliphatic heterocycles. The number of hydrogen-bond donors (Lipinski definition) is 2. The van der Waals surface area contributed by atoms with Crippen LogP contribution in [-0.2, 0) is 6.42 Å². The van der Waals surface area contributed by atoms with Crippen LogP contribution < -0.4 is 15.6 Å². The normalized spacial score (nSPS) is 15.3. The predicted molar refractivity (Wildman–Crippen MR) is 99.1 cm³/mol. The number of rotatable bonds is 4. The molecular weight excluding hydrogens is 332 g/mol. The first kappa shape index (κ1) is 17.9. The second-order valence-electron chi connectivity index (χ2n) is 7.23. The highest BCUT2D eigenvalue weighted by Gasteiger charge is 2.32. The third-order valence-corrected chi connectivity index (χ3v) is 4.40. The van der Waals surface area contributed by atoms with Gasteiger partial charge in [0.1, 0.15) is 11.3 Å². The van der Waals surface area contributed by atoms with E-state index in [9.17, 15) is 14.4 Å². The van der Waals surface area contributed by atoms with Crippen molar-refractivity contribution in [2.45, 2.75) is 33.6 Å². The Morgan fingerprint density at radius 1 is 1.23 bits per heavy atom. The van der Waals surface area contributed by atoms with Gasteiger partial charge in [0.25, 0.3) is 11.5 Å². The zero-order valence-corrected chi connectivity index (χ0v) is 15.1. The number of H-pyrrole nitrogens is 1. The van der Waals surface area contributed by atoms with Crippen LogP contribution in [0.15, 0.2) is 35.1 Å². The molecule has 2 aromatic rings. The number of pyridine rings is 1. The van der Waals surface area contributed by atoms with Gasteiger partial charge in [-0.2, -0.15) is 0 Å². The van der Waals surface area contributed by atoms with Crippen LogP contribution in [0.3, 0.4) is 0 Å². The van der Waals surface area contributed by atoms with E-state index in [1.54, 1.807) is 24.3 Å². The average Bonchev–Trinajstić information content (AvgIpc) is 2.55. The van der Waals surface area contributed by atoms with Crippen LogP contribution in [0.1, 0.15) is 53.6 Å². The molecule has 0 fully saturated rings. The molecule has 1 aliphatic carbocycles. The molecule has 26 heavy (non-hydrogen) atoms. The summed E-state index contributed by atoms with van der Waals surface area (Å²) >= 11 is 0. The Morgan fingerprint density at radius 2 is 1.96 bits per heavy atom. The molecule has 0 atom stereocenters. The van der Waals surface area contributed by atoms with Gasteiger partial charge in [-0.3, -0.25) is 14.4 Å². The van der Waals surface area contributed by atoms with Crippen LogP contribution in [0.4, 0.5) is 5.69 Å². The van der Waals surface area contributed by atoms with Gasteiger partial charge >= 0.3 is 0 Å². The quantitative estimate of drug-likeness (QED) is 0.883. The molecule has 0 saturated heterocycles. The topological polar surface area (TPSA) is 88.3 Å². The van der Waals surface area contributed by atoms with Crippen LogP contribution in [0.2, 0.25) is 0 Å². The molecule has 0 unspecified atom stereocenters. The van der Waals surface area contributed by atoms with Crippen molar-refractivity contribution in [2.75, 3.05) is 11.9 Å². The van der Waals surface area contributed by atoms with Crippen LogP contribution in [0, 0.1) is 5.41 Å². The Hall–Kier alpha value is -2.89. The molecule has 2 N–H and O–H groups in total. The number of ketones is 1. The maximum absolute atomic E-state index is 12.6. The number of aromatic nitrogens is 1. The summed E-state index contributed by atoms with van der Waals surface area (Å²) < 4.78 is 5.48. The van der Waals surface area contributed by atoms with Crippen molar-refractivity contribution in [2.24, 2.45) is 5.41 Å². The van der Waals surface area contributed by atoms with E-state index >= 15 is 0 Å². The van der Waals surface area contributed by atoms with E-state index in [1.807, 2.05) is 20.8 Å². The van der Waals surface area contributed by atoms with Gasteiger partial charge in [0.2, 0.25) is 0 Å². The minimum Gasteiger partial charge on any atom is -0.492 e. The molecule has 1 aromatic carbocycles.